The number of carbonyl (C=O) groups is 1. The largest absolute Gasteiger partial charge is 0.356 e. The van der Waals surface area contributed by atoms with Gasteiger partial charge in [-0.3, -0.25) is 4.79 Å². The van der Waals surface area contributed by atoms with Crippen molar-refractivity contribution in [2.75, 3.05) is 25.0 Å². The van der Waals surface area contributed by atoms with Crippen LogP contribution in [0.2, 0.25) is 0 Å². The molecule has 8 nitrogen and oxygen atoms in total. The normalized spacial score (nSPS) is 17.5. The summed E-state index contributed by atoms with van der Waals surface area (Å²) in [5, 5.41) is 7.06. The van der Waals surface area contributed by atoms with Gasteiger partial charge in [-0.25, -0.2) is 19.5 Å². The Kier molecular flexibility index (Phi) is 4.24. The molecule has 1 N–H and O–H groups in total. The molecule has 0 aromatic carbocycles. The molecule has 0 unspecified atom stereocenters. The minimum absolute atomic E-state index is 0.175. The number of piperidine rings is 1. The fraction of sp³-hybridized carbons (Fsp3) is 0.389. The fourth-order valence-electron chi connectivity index (χ4n) is 3.55. The van der Waals surface area contributed by atoms with Crippen molar-refractivity contribution < 1.29 is 4.79 Å². The van der Waals surface area contributed by atoms with Crippen LogP contribution in [0.25, 0.3) is 5.65 Å². The number of nitrogens with zero attached hydrogens (tertiary/aromatic N) is 6. The van der Waals surface area contributed by atoms with Crippen LogP contribution in [-0.4, -0.2) is 50.6 Å². The average Bonchev–Trinajstić information content (AvgIpc) is 3.11. The molecule has 1 aliphatic heterocycles. The molecule has 4 heterocycles. The SMILES string of the molecule is CNC(=O)c1cnn2c([C@@H]3CCCN(c4cc(C)ncn4)C3)ccnc12. The first kappa shape index (κ1) is 16.4. The van der Waals surface area contributed by atoms with Gasteiger partial charge in [0.15, 0.2) is 5.65 Å². The van der Waals surface area contributed by atoms with Crippen LogP contribution in [0.5, 0.6) is 0 Å². The lowest BCUT2D eigenvalue weighted by molar-refractivity contribution is 0.0964. The molecule has 3 aromatic heterocycles. The third-order valence-corrected chi connectivity index (χ3v) is 4.86. The summed E-state index contributed by atoms with van der Waals surface area (Å²) in [5.41, 5.74) is 3.12. The highest BCUT2D eigenvalue weighted by Crippen LogP contribution is 2.29. The van der Waals surface area contributed by atoms with Crippen LogP contribution < -0.4 is 10.2 Å². The number of hydrogen-bond acceptors (Lipinski definition) is 6. The maximum absolute atomic E-state index is 12.0. The minimum Gasteiger partial charge on any atom is -0.356 e. The lowest BCUT2D eigenvalue weighted by Gasteiger charge is -2.33. The number of carbonyl (C=O) groups excluding carboxylic acids is 1. The summed E-state index contributed by atoms with van der Waals surface area (Å²) in [7, 11) is 1.61. The van der Waals surface area contributed by atoms with Gasteiger partial charge in [0.1, 0.15) is 17.7 Å². The number of rotatable bonds is 3. The second-order valence-electron chi connectivity index (χ2n) is 6.55. The zero-order valence-corrected chi connectivity index (χ0v) is 14.9. The Hall–Kier alpha value is -3.03. The Morgan fingerprint density at radius 3 is 3.00 bits per heavy atom. The summed E-state index contributed by atoms with van der Waals surface area (Å²) in [6.07, 6.45) is 7.09. The van der Waals surface area contributed by atoms with E-state index in [0.717, 1.165) is 43.1 Å². The number of hydrogen-bond donors (Lipinski definition) is 1. The van der Waals surface area contributed by atoms with E-state index in [1.54, 1.807) is 30.3 Å². The molecule has 3 aromatic rings. The van der Waals surface area contributed by atoms with Gasteiger partial charge in [0.2, 0.25) is 0 Å². The average molecular weight is 351 g/mol. The Morgan fingerprint density at radius 2 is 2.19 bits per heavy atom. The van der Waals surface area contributed by atoms with E-state index in [4.69, 9.17) is 0 Å². The van der Waals surface area contributed by atoms with Crippen molar-refractivity contribution in [1.29, 1.82) is 0 Å². The summed E-state index contributed by atoms with van der Waals surface area (Å²) < 4.78 is 1.80. The Labute approximate surface area is 151 Å². The van der Waals surface area contributed by atoms with E-state index in [-0.39, 0.29) is 5.91 Å². The zero-order chi connectivity index (χ0) is 18.1. The molecule has 8 heteroatoms. The van der Waals surface area contributed by atoms with Crippen LogP contribution >= 0.6 is 0 Å². The second kappa shape index (κ2) is 6.70. The van der Waals surface area contributed by atoms with Crippen molar-refractivity contribution in [1.82, 2.24) is 29.9 Å². The number of aryl methyl sites for hydroxylation is 1. The van der Waals surface area contributed by atoms with Gasteiger partial charge in [-0.1, -0.05) is 0 Å². The van der Waals surface area contributed by atoms with Crippen molar-refractivity contribution in [3.63, 3.8) is 0 Å². The van der Waals surface area contributed by atoms with Gasteiger partial charge in [0, 0.05) is 44.0 Å². The lowest BCUT2D eigenvalue weighted by atomic mass is 9.94. The first-order chi connectivity index (χ1) is 12.7. The monoisotopic (exact) mass is 351 g/mol. The highest BCUT2D eigenvalue weighted by Gasteiger charge is 2.25. The van der Waals surface area contributed by atoms with Gasteiger partial charge < -0.3 is 10.2 Å². The minimum atomic E-state index is -0.175. The topological polar surface area (TPSA) is 88.3 Å². The van der Waals surface area contributed by atoms with Gasteiger partial charge in [-0.2, -0.15) is 5.10 Å². The van der Waals surface area contributed by atoms with Crippen LogP contribution in [0.1, 0.15) is 40.5 Å². The molecule has 0 bridgehead atoms. The standard InChI is InChI=1S/C18H21N7O/c1-12-8-16(22-11-21-12)24-7-3-4-13(10-24)15-5-6-20-17-14(18(26)19-2)9-23-25(15)17/h5-6,8-9,11,13H,3-4,7,10H2,1-2H3,(H,19,26)/t13-/m1/s1. The van der Waals surface area contributed by atoms with Crippen LogP contribution in [-0.2, 0) is 0 Å². The molecule has 0 radical (unpaired) electrons. The predicted octanol–water partition coefficient (Wildman–Crippen LogP) is 1.57. The molecule has 1 atom stereocenters. The number of nitrogens with one attached hydrogen (secondary N) is 1. The van der Waals surface area contributed by atoms with E-state index in [0.29, 0.717) is 17.1 Å². The second-order valence-corrected chi connectivity index (χ2v) is 6.55. The van der Waals surface area contributed by atoms with Crippen molar-refractivity contribution in [2.45, 2.75) is 25.7 Å². The summed E-state index contributed by atoms with van der Waals surface area (Å²) in [4.78, 5) is 27.3. The molecular weight excluding hydrogens is 330 g/mol. The van der Waals surface area contributed by atoms with Crippen LogP contribution in [0, 0.1) is 6.92 Å². The smallest absolute Gasteiger partial charge is 0.256 e. The number of anilines is 1. The Morgan fingerprint density at radius 1 is 1.31 bits per heavy atom. The summed E-state index contributed by atoms with van der Waals surface area (Å²) in [6.45, 7) is 3.80. The van der Waals surface area contributed by atoms with E-state index in [1.807, 2.05) is 19.1 Å². The fourth-order valence-corrected chi connectivity index (χ4v) is 3.55. The number of fused-ring (bicyclic) bond motifs is 1. The van der Waals surface area contributed by atoms with Gasteiger partial charge >= 0.3 is 0 Å². The van der Waals surface area contributed by atoms with E-state index in [2.05, 4.69) is 30.3 Å². The third kappa shape index (κ3) is 2.87. The molecule has 0 spiro atoms. The molecule has 4 rings (SSSR count). The summed E-state index contributed by atoms with van der Waals surface area (Å²) >= 11 is 0. The molecule has 0 saturated carbocycles. The van der Waals surface area contributed by atoms with Gasteiger partial charge in [0.25, 0.3) is 5.91 Å². The quantitative estimate of drug-likeness (QED) is 0.771. The first-order valence-corrected chi connectivity index (χ1v) is 8.75. The molecular formula is C18H21N7O. The summed E-state index contributed by atoms with van der Waals surface area (Å²) in [6, 6.07) is 4.01. The molecule has 26 heavy (non-hydrogen) atoms. The van der Waals surface area contributed by atoms with Crippen LogP contribution in [0.4, 0.5) is 5.82 Å². The first-order valence-electron chi connectivity index (χ1n) is 8.75. The molecule has 1 saturated heterocycles. The maximum Gasteiger partial charge on any atom is 0.256 e. The van der Waals surface area contributed by atoms with Crippen LogP contribution in [0.3, 0.4) is 0 Å². The van der Waals surface area contributed by atoms with E-state index in [1.165, 1.54) is 0 Å². The predicted molar refractivity (Wildman–Crippen MR) is 97.3 cm³/mol. The van der Waals surface area contributed by atoms with E-state index >= 15 is 0 Å². The number of amides is 1. The lowest BCUT2D eigenvalue weighted by Crippen LogP contribution is -2.35. The van der Waals surface area contributed by atoms with E-state index in [9.17, 15) is 4.79 Å². The highest BCUT2D eigenvalue weighted by molar-refractivity contribution is 5.99. The highest BCUT2D eigenvalue weighted by atomic mass is 16.1. The third-order valence-electron chi connectivity index (χ3n) is 4.86. The van der Waals surface area contributed by atoms with Crippen molar-refractivity contribution in [2.24, 2.45) is 0 Å². The molecule has 1 fully saturated rings. The van der Waals surface area contributed by atoms with Crippen molar-refractivity contribution in [3.05, 3.63) is 47.8 Å². The van der Waals surface area contributed by atoms with Crippen molar-refractivity contribution in [3.8, 4) is 0 Å². The van der Waals surface area contributed by atoms with Gasteiger partial charge in [-0.15, -0.1) is 0 Å². The zero-order valence-electron chi connectivity index (χ0n) is 14.9. The molecule has 134 valence electrons. The summed E-state index contributed by atoms with van der Waals surface area (Å²) in [5.74, 6) is 1.08. The van der Waals surface area contributed by atoms with Gasteiger partial charge in [0.05, 0.1) is 11.9 Å². The van der Waals surface area contributed by atoms with Crippen molar-refractivity contribution >= 4 is 17.4 Å². The molecule has 1 aliphatic rings. The van der Waals surface area contributed by atoms with E-state index < -0.39 is 0 Å². The molecule has 0 aliphatic carbocycles. The van der Waals surface area contributed by atoms with Crippen LogP contribution in [0.15, 0.2) is 30.9 Å². The number of aromatic nitrogens is 5. The Balaban J connectivity index is 1.67. The molecule has 1 amide bonds. The van der Waals surface area contributed by atoms with Gasteiger partial charge in [-0.05, 0) is 25.8 Å². The Bertz CT molecular complexity index is 952. The maximum atomic E-state index is 12.0.